The van der Waals surface area contributed by atoms with Gasteiger partial charge in [-0.25, -0.2) is 0 Å². The number of nitrogens with two attached hydrogens (primary N) is 1. The standard InChI is InChI=1S/C15H25N3O/c1-12(7-6-8-13(2)16)15(19)18(3)11-14-9-4-5-10-17-14/h4-5,9-10,12-13H,6-8,11,16H2,1-3H3. The molecule has 19 heavy (non-hydrogen) atoms. The molecule has 1 heterocycles. The van der Waals surface area contributed by atoms with Gasteiger partial charge in [0.25, 0.3) is 0 Å². The molecule has 0 saturated heterocycles. The van der Waals surface area contributed by atoms with Crippen LogP contribution in [0.25, 0.3) is 0 Å². The molecule has 0 aliphatic rings. The fraction of sp³-hybridized carbons (Fsp3) is 0.600. The molecule has 1 aromatic heterocycles. The van der Waals surface area contributed by atoms with E-state index in [0.29, 0.717) is 6.54 Å². The fourth-order valence-corrected chi connectivity index (χ4v) is 2.06. The van der Waals surface area contributed by atoms with Crippen molar-refractivity contribution in [3.63, 3.8) is 0 Å². The summed E-state index contributed by atoms with van der Waals surface area (Å²) in [7, 11) is 1.83. The average Bonchev–Trinajstić information content (AvgIpc) is 2.38. The molecule has 0 fully saturated rings. The maximum Gasteiger partial charge on any atom is 0.225 e. The van der Waals surface area contributed by atoms with Gasteiger partial charge in [0.15, 0.2) is 0 Å². The van der Waals surface area contributed by atoms with Gasteiger partial charge >= 0.3 is 0 Å². The molecule has 1 amide bonds. The van der Waals surface area contributed by atoms with Crippen molar-refractivity contribution in [2.75, 3.05) is 7.05 Å². The van der Waals surface area contributed by atoms with Gasteiger partial charge in [-0.2, -0.15) is 0 Å². The number of amides is 1. The van der Waals surface area contributed by atoms with Crippen LogP contribution in [0.3, 0.4) is 0 Å². The van der Waals surface area contributed by atoms with Gasteiger partial charge in [0.2, 0.25) is 5.91 Å². The van der Waals surface area contributed by atoms with Gasteiger partial charge in [0.1, 0.15) is 0 Å². The average molecular weight is 263 g/mol. The van der Waals surface area contributed by atoms with E-state index >= 15 is 0 Å². The molecule has 0 aromatic carbocycles. The first kappa shape index (κ1) is 15.6. The summed E-state index contributed by atoms with van der Waals surface area (Å²) >= 11 is 0. The first-order chi connectivity index (χ1) is 9.00. The van der Waals surface area contributed by atoms with Crippen molar-refractivity contribution in [2.24, 2.45) is 11.7 Å². The predicted molar refractivity (Wildman–Crippen MR) is 77.4 cm³/mol. The summed E-state index contributed by atoms with van der Waals surface area (Å²) in [5.41, 5.74) is 6.63. The number of hydrogen-bond donors (Lipinski definition) is 1. The lowest BCUT2D eigenvalue weighted by atomic mass is 10.0. The zero-order chi connectivity index (χ0) is 14.3. The molecule has 106 valence electrons. The number of rotatable bonds is 7. The smallest absolute Gasteiger partial charge is 0.225 e. The van der Waals surface area contributed by atoms with Gasteiger partial charge in [-0.3, -0.25) is 9.78 Å². The van der Waals surface area contributed by atoms with Crippen LogP contribution in [0.1, 0.15) is 38.8 Å². The summed E-state index contributed by atoms with van der Waals surface area (Å²) in [4.78, 5) is 18.2. The van der Waals surface area contributed by atoms with Crippen LogP contribution < -0.4 is 5.73 Å². The second-order valence-corrected chi connectivity index (χ2v) is 5.32. The van der Waals surface area contributed by atoms with Crippen LogP contribution in [-0.4, -0.2) is 28.9 Å². The van der Waals surface area contributed by atoms with Crippen LogP contribution in [0.2, 0.25) is 0 Å². The van der Waals surface area contributed by atoms with E-state index < -0.39 is 0 Å². The second-order valence-electron chi connectivity index (χ2n) is 5.32. The highest BCUT2D eigenvalue weighted by Gasteiger charge is 2.17. The lowest BCUT2D eigenvalue weighted by Crippen LogP contribution is -2.31. The van der Waals surface area contributed by atoms with Crippen LogP contribution in [0.15, 0.2) is 24.4 Å². The van der Waals surface area contributed by atoms with E-state index in [2.05, 4.69) is 4.98 Å². The highest BCUT2D eigenvalue weighted by Crippen LogP contribution is 2.13. The number of aromatic nitrogens is 1. The molecule has 0 aliphatic heterocycles. The molecule has 2 unspecified atom stereocenters. The molecule has 2 N–H and O–H groups in total. The van der Waals surface area contributed by atoms with Crippen LogP contribution in [-0.2, 0) is 11.3 Å². The van der Waals surface area contributed by atoms with Gasteiger partial charge in [0, 0.05) is 25.2 Å². The van der Waals surface area contributed by atoms with Gasteiger partial charge in [0.05, 0.1) is 12.2 Å². The summed E-state index contributed by atoms with van der Waals surface area (Å²) in [6, 6.07) is 5.97. The zero-order valence-electron chi connectivity index (χ0n) is 12.2. The third-order valence-electron chi connectivity index (χ3n) is 3.22. The lowest BCUT2D eigenvalue weighted by molar-refractivity contribution is -0.134. The SMILES string of the molecule is CC(N)CCCC(C)C(=O)N(C)Cc1ccccn1. The van der Waals surface area contributed by atoms with Gasteiger partial charge < -0.3 is 10.6 Å². The van der Waals surface area contributed by atoms with Gasteiger partial charge in [-0.05, 0) is 31.9 Å². The molecule has 0 radical (unpaired) electrons. The summed E-state index contributed by atoms with van der Waals surface area (Å²) in [6.45, 7) is 4.55. The van der Waals surface area contributed by atoms with Crippen molar-refractivity contribution in [1.29, 1.82) is 0 Å². The molecule has 1 rings (SSSR count). The van der Waals surface area contributed by atoms with Crippen molar-refractivity contribution < 1.29 is 4.79 Å². The Balaban J connectivity index is 2.39. The molecule has 1 aromatic rings. The summed E-state index contributed by atoms with van der Waals surface area (Å²) in [6.07, 6.45) is 4.62. The maximum atomic E-state index is 12.2. The molecule has 4 nitrogen and oxygen atoms in total. The van der Waals surface area contributed by atoms with E-state index in [9.17, 15) is 4.79 Å². The normalized spacial score (nSPS) is 13.9. The van der Waals surface area contributed by atoms with Crippen molar-refractivity contribution in [3.05, 3.63) is 30.1 Å². The Hall–Kier alpha value is -1.42. The summed E-state index contributed by atoms with van der Waals surface area (Å²) in [5.74, 6) is 0.225. The first-order valence-electron chi connectivity index (χ1n) is 6.91. The topological polar surface area (TPSA) is 59.2 Å². The van der Waals surface area contributed by atoms with Crippen LogP contribution >= 0.6 is 0 Å². The largest absolute Gasteiger partial charge is 0.340 e. The molecule has 2 atom stereocenters. The third kappa shape index (κ3) is 5.83. The maximum absolute atomic E-state index is 12.2. The van der Waals surface area contributed by atoms with Gasteiger partial charge in [-0.15, -0.1) is 0 Å². The molecule has 0 aliphatic carbocycles. The van der Waals surface area contributed by atoms with Crippen LogP contribution in [0.5, 0.6) is 0 Å². The lowest BCUT2D eigenvalue weighted by Gasteiger charge is -2.21. The number of carbonyl (C=O) groups is 1. The summed E-state index contributed by atoms with van der Waals surface area (Å²) < 4.78 is 0. The minimum Gasteiger partial charge on any atom is -0.340 e. The molecule has 4 heteroatoms. The monoisotopic (exact) mass is 263 g/mol. The number of nitrogens with zero attached hydrogens (tertiary/aromatic N) is 2. The molecule has 0 bridgehead atoms. The predicted octanol–water partition coefficient (Wildman–Crippen LogP) is 2.19. The Morgan fingerprint density at radius 1 is 1.37 bits per heavy atom. The van der Waals surface area contributed by atoms with E-state index in [0.717, 1.165) is 25.0 Å². The van der Waals surface area contributed by atoms with Crippen LogP contribution in [0.4, 0.5) is 0 Å². The van der Waals surface area contributed by atoms with E-state index in [1.165, 1.54) is 0 Å². The first-order valence-corrected chi connectivity index (χ1v) is 6.91. The third-order valence-corrected chi connectivity index (χ3v) is 3.22. The highest BCUT2D eigenvalue weighted by molar-refractivity contribution is 5.78. The zero-order valence-corrected chi connectivity index (χ0v) is 12.2. The van der Waals surface area contributed by atoms with Crippen molar-refractivity contribution >= 4 is 5.91 Å². The molecule has 0 spiro atoms. The number of carbonyl (C=O) groups excluding carboxylic acids is 1. The van der Waals surface area contributed by atoms with Crippen LogP contribution in [0, 0.1) is 5.92 Å². The highest BCUT2D eigenvalue weighted by atomic mass is 16.2. The molecule has 0 saturated carbocycles. The van der Waals surface area contributed by atoms with Gasteiger partial charge in [-0.1, -0.05) is 19.4 Å². The van der Waals surface area contributed by atoms with E-state index in [1.54, 1.807) is 11.1 Å². The molecular weight excluding hydrogens is 238 g/mol. The fourth-order valence-electron chi connectivity index (χ4n) is 2.06. The number of hydrogen-bond acceptors (Lipinski definition) is 3. The minimum atomic E-state index is 0.0486. The quantitative estimate of drug-likeness (QED) is 0.820. The van der Waals surface area contributed by atoms with E-state index in [4.69, 9.17) is 5.73 Å². The Kier molecular flexibility index (Phi) is 6.50. The summed E-state index contributed by atoms with van der Waals surface area (Å²) in [5, 5.41) is 0. The van der Waals surface area contributed by atoms with E-state index in [1.807, 2.05) is 39.1 Å². The second kappa shape index (κ2) is 7.89. The van der Waals surface area contributed by atoms with Crippen molar-refractivity contribution in [3.8, 4) is 0 Å². The number of pyridine rings is 1. The van der Waals surface area contributed by atoms with Crippen molar-refractivity contribution in [1.82, 2.24) is 9.88 Å². The minimum absolute atomic E-state index is 0.0486. The molecular formula is C15H25N3O. The Bertz CT molecular complexity index is 378. The van der Waals surface area contributed by atoms with E-state index in [-0.39, 0.29) is 17.9 Å². The Morgan fingerprint density at radius 2 is 2.11 bits per heavy atom. The Morgan fingerprint density at radius 3 is 2.68 bits per heavy atom. The Labute approximate surface area is 116 Å². The van der Waals surface area contributed by atoms with Crippen molar-refractivity contribution in [2.45, 2.75) is 45.7 Å².